The molecule has 1 aromatic carbocycles. The Labute approximate surface area is 138 Å². The average Bonchev–Trinajstić information content (AvgIpc) is 3.16. The average molecular weight is 328 g/mol. The molecule has 0 amide bonds. The number of halogens is 2. The van der Waals surface area contributed by atoms with Crippen LogP contribution in [0.4, 0.5) is 26.0 Å². The Morgan fingerprint density at radius 1 is 1.33 bits per heavy atom. The predicted molar refractivity (Wildman–Crippen MR) is 90.7 cm³/mol. The standard InChI is InChI=1S/C18H18F2N4/c1-10-13(19)3-2-4-15(10)22-12-5-6-17-23-18(21)16(24(17)9-12)8-11-7-14(11)20/h2-6,9,11,14,22H,7-8,21H2,1H3/t11?,14-/m0/s1. The van der Waals surface area contributed by atoms with Gasteiger partial charge in [0.2, 0.25) is 0 Å². The number of alkyl halides is 1. The zero-order chi connectivity index (χ0) is 16.8. The van der Waals surface area contributed by atoms with Crippen LogP contribution in [0.15, 0.2) is 36.5 Å². The first kappa shape index (κ1) is 14.9. The van der Waals surface area contributed by atoms with Gasteiger partial charge in [0.1, 0.15) is 23.5 Å². The molecule has 1 unspecified atom stereocenters. The van der Waals surface area contributed by atoms with Gasteiger partial charge in [0.25, 0.3) is 0 Å². The summed E-state index contributed by atoms with van der Waals surface area (Å²) in [6, 6.07) is 8.63. The minimum absolute atomic E-state index is 0.0364. The molecule has 1 fully saturated rings. The summed E-state index contributed by atoms with van der Waals surface area (Å²) in [5.41, 5.74) is 9.60. The van der Waals surface area contributed by atoms with Crippen LogP contribution in [0.1, 0.15) is 17.7 Å². The molecular weight excluding hydrogens is 310 g/mol. The molecule has 1 saturated carbocycles. The third-order valence-corrected chi connectivity index (χ3v) is 4.59. The summed E-state index contributed by atoms with van der Waals surface area (Å²) in [4.78, 5) is 4.33. The molecule has 24 heavy (non-hydrogen) atoms. The van der Waals surface area contributed by atoms with Crippen molar-refractivity contribution < 1.29 is 8.78 Å². The molecular formula is C18H18F2N4. The van der Waals surface area contributed by atoms with Gasteiger partial charge in [0.05, 0.1) is 11.4 Å². The van der Waals surface area contributed by atoms with Gasteiger partial charge >= 0.3 is 0 Å². The lowest BCUT2D eigenvalue weighted by Crippen LogP contribution is -2.01. The summed E-state index contributed by atoms with van der Waals surface area (Å²) in [5, 5.41) is 3.22. The first-order chi connectivity index (χ1) is 11.5. The highest BCUT2D eigenvalue weighted by Gasteiger charge is 2.38. The molecule has 6 heteroatoms. The van der Waals surface area contributed by atoms with E-state index >= 15 is 0 Å². The Bertz CT molecular complexity index is 919. The first-order valence-electron chi connectivity index (χ1n) is 7.95. The van der Waals surface area contributed by atoms with Crippen molar-refractivity contribution in [2.24, 2.45) is 5.92 Å². The molecule has 2 aromatic heterocycles. The van der Waals surface area contributed by atoms with E-state index in [4.69, 9.17) is 5.73 Å². The quantitative estimate of drug-likeness (QED) is 0.761. The number of hydrogen-bond donors (Lipinski definition) is 2. The number of nitrogens with one attached hydrogen (secondary N) is 1. The fourth-order valence-corrected chi connectivity index (χ4v) is 2.96. The lowest BCUT2D eigenvalue weighted by molar-refractivity contribution is 0.444. The van der Waals surface area contributed by atoms with Gasteiger partial charge in [-0.1, -0.05) is 6.07 Å². The molecule has 124 valence electrons. The second kappa shape index (κ2) is 5.47. The highest BCUT2D eigenvalue weighted by molar-refractivity contribution is 5.65. The maximum absolute atomic E-state index is 13.7. The Morgan fingerprint density at radius 3 is 2.88 bits per heavy atom. The molecule has 4 nitrogen and oxygen atoms in total. The molecule has 1 aliphatic rings. The summed E-state index contributed by atoms with van der Waals surface area (Å²) in [7, 11) is 0. The maximum Gasteiger partial charge on any atom is 0.145 e. The van der Waals surface area contributed by atoms with Crippen molar-refractivity contribution in [3.05, 3.63) is 53.6 Å². The SMILES string of the molecule is Cc1c(F)cccc1Nc1ccc2nc(N)c(CC3C[C@@H]3F)n2c1. The third kappa shape index (κ3) is 2.58. The molecule has 0 spiro atoms. The smallest absolute Gasteiger partial charge is 0.145 e. The van der Waals surface area contributed by atoms with E-state index in [0.717, 1.165) is 17.0 Å². The molecule has 0 radical (unpaired) electrons. The van der Waals surface area contributed by atoms with Crippen LogP contribution in [0.25, 0.3) is 5.65 Å². The van der Waals surface area contributed by atoms with E-state index < -0.39 is 6.17 Å². The maximum atomic E-state index is 13.7. The van der Waals surface area contributed by atoms with Crippen molar-refractivity contribution in [2.75, 3.05) is 11.1 Å². The molecule has 0 bridgehead atoms. The highest BCUT2D eigenvalue weighted by Crippen LogP contribution is 2.38. The van der Waals surface area contributed by atoms with Crippen LogP contribution in [-0.2, 0) is 6.42 Å². The molecule has 0 aliphatic heterocycles. The van der Waals surface area contributed by atoms with E-state index in [9.17, 15) is 8.78 Å². The van der Waals surface area contributed by atoms with Gasteiger partial charge in [-0.25, -0.2) is 13.8 Å². The largest absolute Gasteiger partial charge is 0.382 e. The molecule has 1 aliphatic carbocycles. The minimum atomic E-state index is -0.730. The van der Waals surface area contributed by atoms with Crippen molar-refractivity contribution >= 4 is 22.8 Å². The summed E-state index contributed by atoms with van der Waals surface area (Å²) >= 11 is 0. The minimum Gasteiger partial charge on any atom is -0.382 e. The number of nitrogens with zero attached hydrogens (tertiary/aromatic N) is 2. The Hall–Kier alpha value is -2.63. The van der Waals surface area contributed by atoms with E-state index in [-0.39, 0.29) is 11.7 Å². The van der Waals surface area contributed by atoms with Crippen LogP contribution in [0.5, 0.6) is 0 Å². The van der Waals surface area contributed by atoms with Gasteiger partial charge < -0.3 is 11.1 Å². The van der Waals surface area contributed by atoms with Gasteiger partial charge in [-0.3, -0.25) is 4.40 Å². The number of fused-ring (bicyclic) bond motifs is 1. The number of nitrogen functional groups attached to an aromatic ring is 1. The second-order valence-electron chi connectivity index (χ2n) is 6.34. The summed E-state index contributed by atoms with van der Waals surface area (Å²) < 4.78 is 28.8. The van der Waals surface area contributed by atoms with E-state index in [1.54, 1.807) is 13.0 Å². The normalized spacial score (nSPS) is 19.6. The van der Waals surface area contributed by atoms with Crippen molar-refractivity contribution in [1.29, 1.82) is 0 Å². The van der Waals surface area contributed by atoms with E-state index in [2.05, 4.69) is 10.3 Å². The molecule has 2 heterocycles. The number of hydrogen-bond acceptors (Lipinski definition) is 3. The van der Waals surface area contributed by atoms with Gasteiger partial charge in [0, 0.05) is 17.4 Å². The van der Waals surface area contributed by atoms with E-state index in [1.807, 2.05) is 28.8 Å². The number of rotatable bonds is 4. The summed E-state index contributed by atoms with van der Waals surface area (Å²) in [5.74, 6) is 0.221. The van der Waals surface area contributed by atoms with Crippen molar-refractivity contribution in [2.45, 2.75) is 25.9 Å². The van der Waals surface area contributed by atoms with E-state index in [0.29, 0.717) is 29.9 Å². The zero-order valence-electron chi connectivity index (χ0n) is 13.3. The Morgan fingerprint density at radius 2 is 2.12 bits per heavy atom. The number of pyridine rings is 1. The van der Waals surface area contributed by atoms with Crippen molar-refractivity contribution in [3.8, 4) is 0 Å². The number of nitrogens with two attached hydrogens (primary N) is 1. The lowest BCUT2D eigenvalue weighted by atomic mass is 10.2. The van der Waals surface area contributed by atoms with Crippen LogP contribution >= 0.6 is 0 Å². The van der Waals surface area contributed by atoms with Gasteiger partial charge in [0.15, 0.2) is 0 Å². The zero-order valence-corrected chi connectivity index (χ0v) is 13.3. The van der Waals surface area contributed by atoms with Crippen LogP contribution < -0.4 is 11.1 Å². The fourth-order valence-electron chi connectivity index (χ4n) is 2.96. The number of anilines is 3. The molecule has 0 saturated heterocycles. The van der Waals surface area contributed by atoms with Crippen molar-refractivity contribution in [3.63, 3.8) is 0 Å². The van der Waals surface area contributed by atoms with Gasteiger partial charge in [-0.15, -0.1) is 0 Å². The van der Waals surface area contributed by atoms with Gasteiger partial charge in [-0.05, 0) is 49.9 Å². The summed E-state index contributed by atoms with van der Waals surface area (Å²) in [6.07, 6.45) is 2.31. The molecule has 3 N–H and O–H groups in total. The lowest BCUT2D eigenvalue weighted by Gasteiger charge is -2.11. The molecule has 4 rings (SSSR count). The highest BCUT2D eigenvalue weighted by atomic mass is 19.1. The molecule has 2 atom stereocenters. The molecule has 3 aromatic rings. The fraction of sp³-hybridized carbons (Fsp3) is 0.278. The topological polar surface area (TPSA) is 55.3 Å². The summed E-state index contributed by atoms with van der Waals surface area (Å²) in [6.45, 7) is 1.73. The van der Waals surface area contributed by atoms with Crippen LogP contribution in [0.3, 0.4) is 0 Å². The van der Waals surface area contributed by atoms with Crippen molar-refractivity contribution in [1.82, 2.24) is 9.38 Å². The number of imidazole rings is 1. The van der Waals surface area contributed by atoms with Crippen LogP contribution in [-0.4, -0.2) is 15.6 Å². The van der Waals surface area contributed by atoms with Gasteiger partial charge in [-0.2, -0.15) is 0 Å². The second-order valence-corrected chi connectivity index (χ2v) is 6.34. The van der Waals surface area contributed by atoms with E-state index in [1.165, 1.54) is 6.07 Å². The Kier molecular flexibility index (Phi) is 3.40. The third-order valence-electron chi connectivity index (χ3n) is 4.59. The van der Waals surface area contributed by atoms with Crippen LogP contribution in [0.2, 0.25) is 0 Å². The first-order valence-corrected chi connectivity index (χ1v) is 7.95. The Balaban J connectivity index is 1.69. The van der Waals surface area contributed by atoms with Crippen LogP contribution in [0, 0.1) is 18.7 Å². The predicted octanol–water partition coefficient (Wildman–Crippen LogP) is 4.01. The monoisotopic (exact) mass is 328 g/mol. The number of benzene rings is 1. The number of aromatic nitrogens is 2.